The Hall–Kier alpha value is -2.99. The fourth-order valence-corrected chi connectivity index (χ4v) is 4.09. The van der Waals surface area contributed by atoms with E-state index in [1.165, 1.54) is 6.08 Å². The number of rotatable bonds is 5. The van der Waals surface area contributed by atoms with Gasteiger partial charge in [-0.05, 0) is 48.7 Å². The molecule has 1 aromatic heterocycles. The van der Waals surface area contributed by atoms with Gasteiger partial charge < -0.3 is 10.2 Å². The van der Waals surface area contributed by atoms with Crippen LogP contribution in [-0.2, 0) is 11.3 Å². The minimum atomic E-state index is -0.170. The van der Waals surface area contributed by atoms with Crippen LogP contribution in [0.2, 0.25) is 0 Å². The third-order valence-corrected chi connectivity index (χ3v) is 5.75. The van der Waals surface area contributed by atoms with E-state index in [-0.39, 0.29) is 11.8 Å². The number of aromatic nitrogens is 1. The highest BCUT2D eigenvalue weighted by Crippen LogP contribution is 2.22. The number of hydrogen-bond donors (Lipinski definition) is 1. The molecule has 0 radical (unpaired) electrons. The number of thiazole rings is 1. The predicted molar refractivity (Wildman–Crippen MR) is 112 cm³/mol. The van der Waals surface area contributed by atoms with Gasteiger partial charge in [0.05, 0.1) is 10.2 Å². The smallest absolute Gasteiger partial charge is 0.253 e. The van der Waals surface area contributed by atoms with Crippen molar-refractivity contribution in [3.8, 4) is 0 Å². The zero-order valence-electron chi connectivity index (χ0n) is 15.4. The van der Waals surface area contributed by atoms with Crippen molar-refractivity contribution in [1.29, 1.82) is 0 Å². The third kappa shape index (κ3) is 4.28. The summed E-state index contributed by atoms with van der Waals surface area (Å²) in [7, 11) is 0. The number of nitrogens with zero attached hydrogens (tertiary/aromatic N) is 2. The molecule has 28 heavy (non-hydrogen) atoms. The molecule has 1 saturated heterocycles. The summed E-state index contributed by atoms with van der Waals surface area (Å²) in [6.07, 6.45) is 5.40. The van der Waals surface area contributed by atoms with Crippen molar-refractivity contribution in [2.75, 3.05) is 13.1 Å². The van der Waals surface area contributed by atoms with E-state index in [1.807, 2.05) is 53.4 Å². The Labute approximate surface area is 167 Å². The molecule has 2 amide bonds. The SMILES string of the molecule is O=C(C=Cc1nc2ccccc2s1)NCc1ccc(C(=O)N2CCCC2)cc1. The van der Waals surface area contributed by atoms with Crippen molar-refractivity contribution in [2.45, 2.75) is 19.4 Å². The third-order valence-electron chi connectivity index (χ3n) is 4.75. The lowest BCUT2D eigenvalue weighted by atomic mass is 10.1. The van der Waals surface area contributed by atoms with Gasteiger partial charge in [0.15, 0.2) is 0 Å². The molecule has 0 saturated carbocycles. The molecule has 1 fully saturated rings. The standard InChI is InChI=1S/C22H21N3O2S/c26-20(11-12-21-24-18-5-1-2-6-19(18)28-21)23-15-16-7-9-17(10-8-16)22(27)25-13-3-4-14-25/h1-2,5-12H,3-4,13-15H2,(H,23,26). The number of carbonyl (C=O) groups is 2. The average Bonchev–Trinajstić information content (AvgIpc) is 3.40. The minimum absolute atomic E-state index is 0.0897. The van der Waals surface area contributed by atoms with Crippen LogP contribution in [0.4, 0.5) is 0 Å². The Balaban J connectivity index is 1.31. The second-order valence-corrected chi connectivity index (χ2v) is 7.83. The Morgan fingerprint density at radius 1 is 1.07 bits per heavy atom. The number of benzene rings is 2. The number of hydrogen-bond acceptors (Lipinski definition) is 4. The maximum Gasteiger partial charge on any atom is 0.253 e. The van der Waals surface area contributed by atoms with Crippen LogP contribution in [0.1, 0.15) is 33.8 Å². The van der Waals surface area contributed by atoms with Gasteiger partial charge in [0, 0.05) is 31.3 Å². The van der Waals surface area contributed by atoms with E-state index in [2.05, 4.69) is 10.3 Å². The fourth-order valence-electron chi connectivity index (χ4n) is 3.22. The van der Waals surface area contributed by atoms with Crippen LogP contribution in [0.3, 0.4) is 0 Å². The lowest BCUT2D eigenvalue weighted by Gasteiger charge is -2.15. The molecular formula is C22H21N3O2S. The summed E-state index contributed by atoms with van der Waals surface area (Å²) in [5.41, 5.74) is 2.60. The lowest BCUT2D eigenvalue weighted by Crippen LogP contribution is -2.27. The number of fused-ring (bicyclic) bond motifs is 1. The molecule has 4 rings (SSSR count). The monoisotopic (exact) mass is 391 g/mol. The van der Waals surface area contributed by atoms with Gasteiger partial charge in [-0.25, -0.2) is 4.98 Å². The van der Waals surface area contributed by atoms with Crippen molar-refractivity contribution in [3.63, 3.8) is 0 Å². The Morgan fingerprint density at radius 2 is 1.82 bits per heavy atom. The molecule has 0 bridgehead atoms. The molecule has 1 aliphatic rings. The van der Waals surface area contributed by atoms with Crippen LogP contribution < -0.4 is 5.32 Å². The summed E-state index contributed by atoms with van der Waals surface area (Å²) in [5, 5.41) is 3.67. The van der Waals surface area contributed by atoms with E-state index in [0.717, 1.165) is 46.7 Å². The number of carbonyl (C=O) groups excluding carboxylic acids is 2. The van der Waals surface area contributed by atoms with E-state index in [4.69, 9.17) is 0 Å². The molecule has 0 aliphatic carbocycles. The van der Waals surface area contributed by atoms with E-state index in [9.17, 15) is 9.59 Å². The normalized spacial score (nSPS) is 14.1. The summed E-state index contributed by atoms with van der Waals surface area (Å²) >= 11 is 1.55. The van der Waals surface area contributed by atoms with Crippen molar-refractivity contribution in [1.82, 2.24) is 15.2 Å². The molecule has 0 unspecified atom stereocenters. The maximum atomic E-state index is 12.4. The fraction of sp³-hybridized carbons (Fsp3) is 0.227. The van der Waals surface area contributed by atoms with Crippen molar-refractivity contribution < 1.29 is 9.59 Å². The van der Waals surface area contributed by atoms with Gasteiger partial charge in [-0.3, -0.25) is 9.59 Å². The van der Waals surface area contributed by atoms with Gasteiger partial charge >= 0.3 is 0 Å². The second kappa shape index (κ2) is 8.35. The topological polar surface area (TPSA) is 62.3 Å². The number of nitrogens with one attached hydrogen (secondary N) is 1. The highest BCUT2D eigenvalue weighted by molar-refractivity contribution is 7.19. The van der Waals surface area contributed by atoms with E-state index < -0.39 is 0 Å². The lowest BCUT2D eigenvalue weighted by molar-refractivity contribution is -0.116. The molecule has 1 aliphatic heterocycles. The molecule has 2 aromatic carbocycles. The number of para-hydroxylation sites is 1. The van der Waals surface area contributed by atoms with Gasteiger partial charge in [-0.15, -0.1) is 11.3 Å². The number of likely N-dealkylation sites (tertiary alicyclic amines) is 1. The molecular weight excluding hydrogens is 370 g/mol. The van der Waals surface area contributed by atoms with E-state index >= 15 is 0 Å². The van der Waals surface area contributed by atoms with Crippen LogP contribution in [0.25, 0.3) is 16.3 Å². The van der Waals surface area contributed by atoms with Gasteiger partial charge in [0.25, 0.3) is 5.91 Å². The summed E-state index contributed by atoms with van der Waals surface area (Å²) < 4.78 is 1.10. The van der Waals surface area contributed by atoms with Crippen LogP contribution in [0.5, 0.6) is 0 Å². The van der Waals surface area contributed by atoms with E-state index in [0.29, 0.717) is 12.1 Å². The molecule has 6 heteroatoms. The van der Waals surface area contributed by atoms with Gasteiger partial charge in [0.2, 0.25) is 5.91 Å². The molecule has 5 nitrogen and oxygen atoms in total. The van der Waals surface area contributed by atoms with Crippen molar-refractivity contribution >= 4 is 39.4 Å². The first-order valence-corrected chi connectivity index (χ1v) is 10.2. The molecule has 0 atom stereocenters. The van der Waals surface area contributed by atoms with Crippen molar-refractivity contribution in [2.24, 2.45) is 0 Å². The molecule has 1 N–H and O–H groups in total. The predicted octanol–water partition coefficient (Wildman–Crippen LogP) is 3.86. The first-order chi connectivity index (χ1) is 13.7. The molecule has 3 aromatic rings. The van der Waals surface area contributed by atoms with Crippen LogP contribution in [0.15, 0.2) is 54.6 Å². The van der Waals surface area contributed by atoms with E-state index in [1.54, 1.807) is 17.4 Å². The number of amides is 2. The summed E-state index contributed by atoms with van der Waals surface area (Å²) in [4.78, 5) is 30.8. The van der Waals surface area contributed by atoms with Gasteiger partial charge in [-0.1, -0.05) is 24.3 Å². The minimum Gasteiger partial charge on any atom is -0.348 e. The summed E-state index contributed by atoms with van der Waals surface area (Å²) in [6.45, 7) is 2.11. The van der Waals surface area contributed by atoms with Crippen LogP contribution >= 0.6 is 11.3 Å². The largest absolute Gasteiger partial charge is 0.348 e. The zero-order valence-corrected chi connectivity index (χ0v) is 16.2. The van der Waals surface area contributed by atoms with Crippen LogP contribution in [-0.4, -0.2) is 34.8 Å². The average molecular weight is 391 g/mol. The second-order valence-electron chi connectivity index (χ2n) is 6.77. The first-order valence-electron chi connectivity index (χ1n) is 9.39. The Morgan fingerprint density at radius 3 is 2.57 bits per heavy atom. The van der Waals surface area contributed by atoms with Crippen LogP contribution in [0, 0.1) is 0 Å². The van der Waals surface area contributed by atoms with Gasteiger partial charge in [-0.2, -0.15) is 0 Å². The van der Waals surface area contributed by atoms with Crippen molar-refractivity contribution in [3.05, 3.63) is 70.7 Å². The highest BCUT2D eigenvalue weighted by Gasteiger charge is 2.19. The molecule has 142 valence electrons. The summed E-state index contributed by atoms with van der Waals surface area (Å²) in [5.74, 6) is -0.0803. The maximum absolute atomic E-state index is 12.4. The Kier molecular flexibility index (Phi) is 5.48. The highest BCUT2D eigenvalue weighted by atomic mass is 32.1. The molecule has 2 heterocycles. The Bertz CT molecular complexity index is 985. The quantitative estimate of drug-likeness (QED) is 0.672. The van der Waals surface area contributed by atoms with Gasteiger partial charge in [0.1, 0.15) is 5.01 Å². The molecule has 0 spiro atoms. The summed E-state index contributed by atoms with van der Waals surface area (Å²) in [6, 6.07) is 15.3. The zero-order chi connectivity index (χ0) is 19.3. The first kappa shape index (κ1) is 18.4.